The largest absolute Gasteiger partial charge is 0.264 e. The van der Waals surface area contributed by atoms with E-state index in [9.17, 15) is 0 Å². The molecule has 0 unspecified atom stereocenters. The van der Waals surface area contributed by atoms with Gasteiger partial charge in [-0.15, -0.1) is 0 Å². The van der Waals surface area contributed by atoms with Crippen LogP contribution in [0.2, 0.25) is 0 Å². The highest BCUT2D eigenvalue weighted by Crippen LogP contribution is 2.42. The molecule has 1 saturated carbocycles. The first kappa shape index (κ1) is 7.78. The van der Waals surface area contributed by atoms with Crippen molar-refractivity contribution >= 4 is 0 Å². The van der Waals surface area contributed by atoms with E-state index in [4.69, 9.17) is 0 Å². The SMILES string of the molecule is CC(C)c1ccncc1C1CC1. The van der Waals surface area contributed by atoms with Crippen molar-refractivity contribution in [3.63, 3.8) is 0 Å². The van der Waals surface area contributed by atoms with Gasteiger partial charge in [0, 0.05) is 12.4 Å². The normalized spacial score (nSPS) is 16.9. The summed E-state index contributed by atoms with van der Waals surface area (Å²) in [6.07, 6.45) is 6.69. The highest BCUT2D eigenvalue weighted by atomic mass is 14.6. The molecule has 0 saturated heterocycles. The van der Waals surface area contributed by atoms with Crippen LogP contribution in [0, 0.1) is 0 Å². The average molecular weight is 161 g/mol. The van der Waals surface area contributed by atoms with Crippen molar-refractivity contribution < 1.29 is 0 Å². The maximum absolute atomic E-state index is 4.19. The van der Waals surface area contributed by atoms with Crippen molar-refractivity contribution in [1.82, 2.24) is 4.98 Å². The fourth-order valence-corrected chi connectivity index (χ4v) is 1.68. The summed E-state index contributed by atoms with van der Waals surface area (Å²) in [7, 11) is 0. The molecule has 2 rings (SSSR count). The van der Waals surface area contributed by atoms with E-state index in [1.165, 1.54) is 24.0 Å². The van der Waals surface area contributed by atoms with E-state index >= 15 is 0 Å². The van der Waals surface area contributed by atoms with Crippen molar-refractivity contribution in [2.45, 2.75) is 38.5 Å². The molecule has 1 aliphatic carbocycles. The predicted molar refractivity (Wildman–Crippen MR) is 50.3 cm³/mol. The van der Waals surface area contributed by atoms with Crippen LogP contribution >= 0.6 is 0 Å². The molecule has 64 valence electrons. The molecule has 1 nitrogen and oxygen atoms in total. The van der Waals surface area contributed by atoms with E-state index in [-0.39, 0.29) is 0 Å². The van der Waals surface area contributed by atoms with Crippen molar-refractivity contribution in [2.24, 2.45) is 0 Å². The zero-order valence-electron chi connectivity index (χ0n) is 7.75. The number of rotatable bonds is 2. The average Bonchev–Trinajstić information content (AvgIpc) is 2.87. The summed E-state index contributed by atoms with van der Waals surface area (Å²) in [4.78, 5) is 4.19. The van der Waals surface area contributed by atoms with E-state index < -0.39 is 0 Å². The summed E-state index contributed by atoms with van der Waals surface area (Å²) in [6, 6.07) is 2.16. The molecule has 0 atom stereocenters. The topological polar surface area (TPSA) is 12.9 Å². The van der Waals surface area contributed by atoms with Crippen LogP contribution in [0.4, 0.5) is 0 Å². The Hall–Kier alpha value is -0.850. The van der Waals surface area contributed by atoms with Crippen molar-refractivity contribution in [3.8, 4) is 0 Å². The van der Waals surface area contributed by atoms with Crippen molar-refractivity contribution in [3.05, 3.63) is 29.6 Å². The Morgan fingerprint density at radius 2 is 2.17 bits per heavy atom. The summed E-state index contributed by atoms with van der Waals surface area (Å²) >= 11 is 0. The maximum atomic E-state index is 4.19. The Bertz CT molecular complexity index is 253. The van der Waals surface area contributed by atoms with E-state index in [0.29, 0.717) is 5.92 Å². The van der Waals surface area contributed by atoms with Crippen LogP contribution in [0.3, 0.4) is 0 Å². The molecule has 0 N–H and O–H groups in total. The van der Waals surface area contributed by atoms with Gasteiger partial charge in [0.1, 0.15) is 0 Å². The molecule has 1 heteroatoms. The fourth-order valence-electron chi connectivity index (χ4n) is 1.68. The Morgan fingerprint density at radius 1 is 1.42 bits per heavy atom. The maximum Gasteiger partial charge on any atom is 0.0305 e. The Labute approximate surface area is 73.8 Å². The van der Waals surface area contributed by atoms with E-state index in [2.05, 4.69) is 24.9 Å². The van der Waals surface area contributed by atoms with Crippen LogP contribution in [-0.2, 0) is 0 Å². The summed E-state index contributed by atoms with van der Waals surface area (Å²) in [5.41, 5.74) is 2.99. The van der Waals surface area contributed by atoms with Crippen LogP contribution < -0.4 is 0 Å². The van der Waals surface area contributed by atoms with Gasteiger partial charge in [0.2, 0.25) is 0 Å². The second kappa shape index (κ2) is 2.89. The van der Waals surface area contributed by atoms with Crippen molar-refractivity contribution in [2.75, 3.05) is 0 Å². The van der Waals surface area contributed by atoms with Gasteiger partial charge in [0.15, 0.2) is 0 Å². The molecule has 1 heterocycles. The van der Waals surface area contributed by atoms with E-state index in [1.807, 2.05) is 12.4 Å². The van der Waals surface area contributed by atoms with Gasteiger partial charge in [-0.25, -0.2) is 0 Å². The number of aromatic nitrogens is 1. The molecular formula is C11H15N. The molecular weight excluding hydrogens is 146 g/mol. The highest BCUT2D eigenvalue weighted by molar-refractivity contribution is 5.32. The van der Waals surface area contributed by atoms with Crippen molar-refractivity contribution in [1.29, 1.82) is 0 Å². The zero-order valence-corrected chi connectivity index (χ0v) is 7.75. The summed E-state index contributed by atoms with van der Waals surface area (Å²) in [6.45, 7) is 4.50. The van der Waals surface area contributed by atoms with Gasteiger partial charge >= 0.3 is 0 Å². The lowest BCUT2D eigenvalue weighted by Crippen LogP contribution is -1.95. The lowest BCUT2D eigenvalue weighted by atomic mass is 9.97. The van der Waals surface area contributed by atoms with Crippen LogP contribution in [0.15, 0.2) is 18.5 Å². The summed E-state index contributed by atoms with van der Waals surface area (Å²) < 4.78 is 0. The summed E-state index contributed by atoms with van der Waals surface area (Å²) in [5.74, 6) is 1.47. The molecule has 0 amide bonds. The molecule has 0 spiro atoms. The number of pyridine rings is 1. The van der Waals surface area contributed by atoms with Crippen LogP contribution in [-0.4, -0.2) is 4.98 Å². The molecule has 0 aliphatic heterocycles. The zero-order chi connectivity index (χ0) is 8.55. The lowest BCUT2D eigenvalue weighted by molar-refractivity contribution is 0.836. The Morgan fingerprint density at radius 3 is 2.75 bits per heavy atom. The van der Waals surface area contributed by atoms with Gasteiger partial charge in [0.25, 0.3) is 0 Å². The molecule has 1 aromatic rings. The quantitative estimate of drug-likeness (QED) is 0.649. The minimum absolute atomic E-state index is 0.642. The first-order valence-electron chi connectivity index (χ1n) is 4.73. The molecule has 1 fully saturated rings. The van der Waals surface area contributed by atoms with E-state index in [0.717, 1.165) is 5.92 Å². The molecule has 0 bridgehead atoms. The van der Waals surface area contributed by atoms with Gasteiger partial charge in [-0.05, 0) is 41.9 Å². The van der Waals surface area contributed by atoms with Crippen LogP contribution in [0.1, 0.15) is 49.7 Å². The second-order valence-electron chi connectivity index (χ2n) is 3.93. The lowest BCUT2D eigenvalue weighted by Gasteiger charge is -2.10. The molecule has 1 aliphatic rings. The predicted octanol–water partition coefficient (Wildman–Crippen LogP) is 3.08. The van der Waals surface area contributed by atoms with Gasteiger partial charge in [-0.1, -0.05) is 13.8 Å². The third-order valence-electron chi connectivity index (χ3n) is 2.53. The minimum atomic E-state index is 0.642. The third kappa shape index (κ3) is 1.36. The van der Waals surface area contributed by atoms with Crippen LogP contribution in [0.25, 0.3) is 0 Å². The van der Waals surface area contributed by atoms with Gasteiger partial charge in [0.05, 0.1) is 0 Å². The summed E-state index contributed by atoms with van der Waals surface area (Å²) in [5, 5.41) is 0. The van der Waals surface area contributed by atoms with Gasteiger partial charge in [-0.2, -0.15) is 0 Å². The van der Waals surface area contributed by atoms with Gasteiger partial charge < -0.3 is 0 Å². The standard InChI is InChI=1S/C11H15N/c1-8(2)10-5-6-12-7-11(10)9-3-4-9/h5-9H,3-4H2,1-2H3. The van der Waals surface area contributed by atoms with Crippen LogP contribution in [0.5, 0.6) is 0 Å². The molecule has 0 aromatic carbocycles. The first-order chi connectivity index (χ1) is 5.79. The molecule has 1 aromatic heterocycles. The van der Waals surface area contributed by atoms with Gasteiger partial charge in [-0.3, -0.25) is 4.98 Å². The first-order valence-corrected chi connectivity index (χ1v) is 4.73. The number of hydrogen-bond donors (Lipinski definition) is 0. The van der Waals surface area contributed by atoms with E-state index in [1.54, 1.807) is 0 Å². The monoisotopic (exact) mass is 161 g/mol. The third-order valence-corrected chi connectivity index (χ3v) is 2.53. The minimum Gasteiger partial charge on any atom is -0.264 e. The Kier molecular flexibility index (Phi) is 1.87. The Balaban J connectivity index is 2.36. The number of hydrogen-bond acceptors (Lipinski definition) is 1. The highest BCUT2D eigenvalue weighted by Gasteiger charge is 2.26. The number of nitrogens with zero attached hydrogens (tertiary/aromatic N) is 1. The molecule has 12 heavy (non-hydrogen) atoms. The second-order valence-corrected chi connectivity index (χ2v) is 3.93. The fraction of sp³-hybridized carbons (Fsp3) is 0.545. The smallest absolute Gasteiger partial charge is 0.0305 e. The molecule has 0 radical (unpaired) electrons.